The summed E-state index contributed by atoms with van der Waals surface area (Å²) >= 11 is 0. The molecule has 0 aliphatic carbocycles. The molecule has 0 fully saturated rings. The zero-order chi connectivity index (χ0) is 23.0. The van der Waals surface area contributed by atoms with Crippen LogP contribution < -0.4 is 0 Å². The van der Waals surface area contributed by atoms with Gasteiger partial charge >= 0.3 is 18.4 Å². The standard InChI is InChI=1S/C4H2F5.2C3HF5N.9Rf/c1-4(8,9)2(5)3(6)7;2*4-1(2(5)9)3(6,7)8;;;;;;;;;/h1H2;2*9H;;;;;;;;;/q3*-1;;;;;;;;;/b;2-1+;2-1-;;;;;;;;;. The molecule has 2 nitrogen and oxygen atoms in total. The van der Waals surface area contributed by atoms with E-state index in [4.69, 9.17) is 11.5 Å². The number of nitrogens with one attached hydrogen (secondary N) is 2. The molecule has 0 saturated heterocycles. The van der Waals surface area contributed by atoms with Crippen LogP contribution in [0.5, 0.6) is 0 Å². The van der Waals surface area contributed by atoms with E-state index in [1.807, 2.05) is 6.92 Å². The van der Waals surface area contributed by atoms with E-state index >= 15 is 0 Å². The van der Waals surface area contributed by atoms with E-state index < -0.39 is 53.7 Å². The van der Waals surface area contributed by atoms with Crippen LogP contribution in [0.3, 0.4) is 0 Å². The largest absolute Gasteiger partial charge is 0.672 e. The quantitative estimate of drug-likeness (QED) is 0.146. The smallest absolute Gasteiger partial charge is 0.443 e. The number of allylic oxidation sites excluding steroid dienone is 3. The molecule has 0 atom stereocenters. The summed E-state index contributed by atoms with van der Waals surface area (Å²) in [5.41, 5.74) is 11.1. The molecule has 36 heavy (non-hydrogen) atoms. The van der Waals surface area contributed by atoms with E-state index in [1.165, 1.54) is 0 Å². The van der Waals surface area contributed by atoms with Crippen LogP contribution in [0.25, 0.3) is 11.5 Å². The van der Waals surface area contributed by atoms with E-state index in [9.17, 15) is 65.9 Å². The summed E-state index contributed by atoms with van der Waals surface area (Å²) in [4.78, 5) is 0. The fourth-order valence-electron chi connectivity index (χ4n) is 0.387. The van der Waals surface area contributed by atoms with Crippen LogP contribution in [0.1, 0.15) is 0 Å². The van der Waals surface area contributed by atoms with Gasteiger partial charge in [0.1, 0.15) is 0 Å². The van der Waals surface area contributed by atoms with Gasteiger partial charge in [-0.25, -0.2) is 30.7 Å². The summed E-state index contributed by atoms with van der Waals surface area (Å²) in [5, 5.41) is 0. The molecule has 180 valence electrons. The maximum atomic E-state index is 11.3. The number of hydrogen-bond acceptors (Lipinski definition) is 0. The zero-order valence-corrected chi connectivity index (χ0v) is 75.8. The van der Waals surface area contributed by atoms with Gasteiger partial charge in [0.05, 0.1) is 11.9 Å². The molecule has 26 heteroatoms. The van der Waals surface area contributed by atoms with Crippen molar-refractivity contribution in [1.29, 1.82) is 0 Å². The molecule has 0 saturated carbocycles. The van der Waals surface area contributed by atoms with Gasteiger partial charge in [-0.3, -0.25) is 6.92 Å². The molecule has 0 heterocycles. The van der Waals surface area contributed by atoms with Gasteiger partial charge in [-0.2, -0.15) is 35.1 Å². The fraction of sp³-hybridized carbons (Fsp3) is 0.300. The summed E-state index contributed by atoms with van der Waals surface area (Å²) in [7, 11) is 0. The molecular weight excluding hydrogens is 2840 g/mol. The topological polar surface area (TPSA) is 47.6 Å². The molecule has 0 aliphatic heterocycles. The van der Waals surface area contributed by atoms with Gasteiger partial charge in [-0.05, 0) is 0 Å². The van der Waals surface area contributed by atoms with Crippen LogP contribution in [-0.2, 0) is 0 Å². The van der Waals surface area contributed by atoms with E-state index in [0.29, 0.717) is 0 Å². The van der Waals surface area contributed by atoms with Crippen molar-refractivity contribution < 1.29 is 65.9 Å². The Morgan fingerprint density at radius 1 is 0.417 bits per heavy atom. The van der Waals surface area contributed by atoms with Crippen molar-refractivity contribution in [2.24, 2.45) is 0 Å². The summed E-state index contributed by atoms with van der Waals surface area (Å²) in [6.07, 6.45) is -13.8. The number of hydrogen-bond donors (Lipinski definition) is 0. The maximum Gasteiger partial charge on any atom is 0.443 e. The van der Waals surface area contributed by atoms with Crippen molar-refractivity contribution in [3.63, 3.8) is 0 Å². The average molecular weight is 2840 g/mol. The van der Waals surface area contributed by atoms with Gasteiger partial charge in [0.25, 0.3) is 0 Å². The molecule has 0 rings (SSSR count). The minimum atomic E-state index is -5.37. The first kappa shape index (κ1) is 85.8. The van der Waals surface area contributed by atoms with E-state index in [0.717, 1.165) is 0 Å². The van der Waals surface area contributed by atoms with Gasteiger partial charge in [0, 0.05) is 0 Å². The van der Waals surface area contributed by atoms with Crippen LogP contribution in [0.4, 0.5) is 65.9 Å². The van der Waals surface area contributed by atoms with E-state index in [1.54, 1.807) is 0 Å². The summed E-state index contributed by atoms with van der Waals surface area (Å²) in [6.45, 7) is 1.85. The maximum absolute atomic E-state index is 11.3. The van der Waals surface area contributed by atoms with Crippen molar-refractivity contribution in [2.45, 2.75) is 18.3 Å². The molecule has 0 aromatic carbocycles. The van der Waals surface area contributed by atoms with Crippen molar-refractivity contribution in [1.82, 2.24) is 0 Å². The van der Waals surface area contributed by atoms with Crippen molar-refractivity contribution >= 4 is 0 Å². The molecule has 0 bridgehead atoms. The summed E-state index contributed by atoms with van der Waals surface area (Å²) in [5.74, 6) is -18.3. The van der Waals surface area contributed by atoms with Crippen LogP contribution in [0.2, 0.25) is 0 Å². The van der Waals surface area contributed by atoms with Crippen LogP contribution in [0.15, 0.2) is 35.5 Å². The molecule has 0 aromatic rings. The van der Waals surface area contributed by atoms with E-state index in [-0.39, 0.29) is 0 Å². The second-order valence-electron chi connectivity index (χ2n) is 3.53. The molecule has 0 unspecified atom stereocenters. The summed E-state index contributed by atoms with van der Waals surface area (Å²) < 4.78 is 166. The van der Waals surface area contributed by atoms with Crippen molar-refractivity contribution in [3.05, 3.63) is 53.9 Å². The van der Waals surface area contributed by atoms with Crippen molar-refractivity contribution in [3.8, 4) is 0 Å². The minimum absolute atomic E-state index is 0. The fourth-order valence-corrected chi connectivity index (χ4v) is 0.387. The Morgan fingerprint density at radius 2 is 0.583 bits per heavy atom. The predicted molar refractivity (Wildman–Crippen MR) is 59.9 cm³/mol. The zero-order valence-electron chi connectivity index (χ0n) is 18.2. The van der Waals surface area contributed by atoms with Crippen LogP contribution >= 0.6 is 0 Å². The Balaban J connectivity index is -0.0000000213. The average Bonchev–Trinajstić information content (AvgIpc) is 2.42. The number of alkyl halides is 8. The third kappa shape index (κ3) is 30.6. The van der Waals surface area contributed by atoms with Gasteiger partial charge in [-0.1, -0.05) is 0 Å². The Labute approximate surface area is 139 Å². The second-order valence-corrected chi connectivity index (χ2v) is 3.53. The van der Waals surface area contributed by atoms with Gasteiger partial charge in [-0.15, -0.1) is 0 Å². The van der Waals surface area contributed by atoms with Gasteiger partial charge in [0.2, 0.25) is 17.5 Å². The number of halogens is 15. The Kier molecular flexibility index (Phi) is 47.9. The van der Waals surface area contributed by atoms with Gasteiger partial charge in [0.15, 0.2) is 5.92 Å². The Bertz CT molecular complexity index is 497. The SMILES string of the molecule is [CH2-]C(F)(F)C(F)=C(F)F.[NH-]/C(F)=C(/F)C(F)(F)F.[NH-]/C(F)=C(\F)C(F)(F)F.[Rf].[Rf].[Rf].[Rf].[Rf].[Rf].[Rf].[Rf].[Rf]. The molecule has 0 aliphatic rings. The van der Waals surface area contributed by atoms with E-state index in [2.05, 4.69) is 0 Å². The first-order valence-corrected chi connectivity index (χ1v) is 5.19. The second kappa shape index (κ2) is 20.1. The normalized spacial score (nSPS) is 10.4. The monoisotopic (exact) mass is 2840 g/mol. The molecule has 0 aromatic heterocycles. The molecular formula is C10H4F15N2Rf9-3. The first-order chi connectivity index (χ1) is 11.6. The molecule has 0 amide bonds. The Hall–Kier alpha value is -11.2. The van der Waals surface area contributed by atoms with Crippen molar-refractivity contribution in [2.75, 3.05) is 0 Å². The Morgan fingerprint density at radius 3 is 0.583 bits per heavy atom. The third-order valence-corrected chi connectivity index (χ3v) is 1.37. The molecule has 0 radical (unpaired) electrons. The van der Waals surface area contributed by atoms with Gasteiger partial charge < -0.3 is 11.5 Å². The molecule has 2 N–H and O–H groups in total. The minimum Gasteiger partial charge on any atom is -0.672 e. The first-order valence-electron chi connectivity index (χ1n) is 5.19. The number of rotatable bonds is 1. The summed E-state index contributed by atoms with van der Waals surface area (Å²) in [6, 6.07) is 0. The third-order valence-electron chi connectivity index (χ3n) is 1.37. The molecule has 0 spiro atoms. The predicted octanol–water partition coefficient (Wildman–Crippen LogP) is 7.95. The van der Waals surface area contributed by atoms with Crippen LogP contribution in [0, 0.1) is 6.92 Å². The van der Waals surface area contributed by atoms with Crippen LogP contribution in [-0.4, -0.2) is 18.3 Å².